The molecule has 2 saturated heterocycles. The largest absolute Gasteiger partial charge is 0.368 e. The highest BCUT2D eigenvalue weighted by atomic mass is 32.1. The fourth-order valence-corrected chi connectivity index (χ4v) is 4.75. The van der Waals surface area contributed by atoms with E-state index in [-0.39, 0.29) is 11.8 Å². The zero-order valence-electron chi connectivity index (χ0n) is 13.7. The minimum absolute atomic E-state index is 0.0919. The smallest absolute Gasteiger partial charge is 0.264 e. The zero-order valence-corrected chi connectivity index (χ0v) is 14.5. The van der Waals surface area contributed by atoms with Gasteiger partial charge in [-0.2, -0.15) is 0 Å². The Labute approximate surface area is 141 Å². The van der Waals surface area contributed by atoms with Gasteiger partial charge in [-0.3, -0.25) is 14.5 Å². The molecule has 1 aromatic rings. The summed E-state index contributed by atoms with van der Waals surface area (Å²) in [6, 6.07) is 1.98. The summed E-state index contributed by atoms with van der Waals surface area (Å²) in [6.45, 7) is 5.07. The Bertz CT molecular complexity index is 584. The number of hydrogen-bond acceptors (Lipinski definition) is 4. The van der Waals surface area contributed by atoms with Crippen molar-refractivity contribution in [1.29, 1.82) is 0 Å². The maximum absolute atomic E-state index is 12.6. The number of piperidine rings is 2. The molecular formula is C17H25N3O2S. The van der Waals surface area contributed by atoms with E-state index in [9.17, 15) is 9.59 Å². The first kappa shape index (κ1) is 16.5. The molecule has 6 heteroatoms. The fraction of sp³-hybridized carbons (Fsp3) is 0.647. The van der Waals surface area contributed by atoms with Gasteiger partial charge in [0.2, 0.25) is 5.91 Å². The predicted molar refractivity (Wildman–Crippen MR) is 91.5 cm³/mol. The molecule has 0 unspecified atom stereocenters. The molecule has 2 amide bonds. The summed E-state index contributed by atoms with van der Waals surface area (Å²) < 4.78 is 0. The van der Waals surface area contributed by atoms with Crippen LogP contribution in [-0.4, -0.2) is 53.3 Å². The first-order chi connectivity index (χ1) is 11.0. The minimum Gasteiger partial charge on any atom is -0.368 e. The summed E-state index contributed by atoms with van der Waals surface area (Å²) in [6.07, 6.45) is 4.79. The SMILES string of the molecule is Cc1ccsc1C(=O)N1CCC(C(N)=O)(N2CCCCC2)CC1. The molecule has 2 aliphatic rings. The lowest BCUT2D eigenvalue weighted by atomic mass is 9.83. The Balaban J connectivity index is 1.71. The highest BCUT2D eigenvalue weighted by Crippen LogP contribution is 2.32. The number of nitrogens with zero attached hydrogens (tertiary/aromatic N) is 2. The maximum Gasteiger partial charge on any atom is 0.264 e. The van der Waals surface area contributed by atoms with E-state index in [4.69, 9.17) is 5.73 Å². The number of nitrogens with two attached hydrogens (primary N) is 1. The molecule has 23 heavy (non-hydrogen) atoms. The second-order valence-electron chi connectivity index (χ2n) is 6.67. The van der Waals surface area contributed by atoms with Gasteiger partial charge in [0.15, 0.2) is 0 Å². The molecule has 0 spiro atoms. The van der Waals surface area contributed by atoms with Crippen LogP contribution in [0.4, 0.5) is 0 Å². The van der Waals surface area contributed by atoms with Crippen LogP contribution in [-0.2, 0) is 4.79 Å². The summed E-state index contributed by atoms with van der Waals surface area (Å²) in [5.41, 5.74) is 6.27. The normalized spacial score (nSPS) is 22.0. The molecule has 1 aromatic heterocycles. The lowest BCUT2D eigenvalue weighted by molar-refractivity contribution is -0.134. The van der Waals surface area contributed by atoms with Crippen molar-refractivity contribution in [3.8, 4) is 0 Å². The van der Waals surface area contributed by atoms with Crippen molar-refractivity contribution in [1.82, 2.24) is 9.80 Å². The molecule has 5 nitrogen and oxygen atoms in total. The van der Waals surface area contributed by atoms with Crippen molar-refractivity contribution in [2.24, 2.45) is 5.73 Å². The Morgan fingerprint density at radius 2 is 1.78 bits per heavy atom. The molecular weight excluding hydrogens is 310 g/mol. The van der Waals surface area contributed by atoms with Crippen LogP contribution in [0.3, 0.4) is 0 Å². The van der Waals surface area contributed by atoms with Crippen LogP contribution in [0.1, 0.15) is 47.3 Å². The van der Waals surface area contributed by atoms with Crippen LogP contribution >= 0.6 is 11.3 Å². The van der Waals surface area contributed by atoms with E-state index >= 15 is 0 Å². The second kappa shape index (κ2) is 6.61. The maximum atomic E-state index is 12.6. The average Bonchev–Trinajstić information content (AvgIpc) is 3.01. The van der Waals surface area contributed by atoms with E-state index < -0.39 is 5.54 Å². The summed E-state index contributed by atoms with van der Waals surface area (Å²) in [4.78, 5) is 29.8. The molecule has 3 heterocycles. The van der Waals surface area contributed by atoms with Crippen molar-refractivity contribution in [3.63, 3.8) is 0 Å². The number of carbonyl (C=O) groups is 2. The van der Waals surface area contributed by atoms with Gasteiger partial charge >= 0.3 is 0 Å². The number of aryl methyl sites for hydroxylation is 1. The number of hydrogen-bond donors (Lipinski definition) is 1. The molecule has 0 saturated carbocycles. The zero-order chi connectivity index (χ0) is 16.4. The molecule has 0 atom stereocenters. The Morgan fingerprint density at radius 1 is 1.13 bits per heavy atom. The van der Waals surface area contributed by atoms with Crippen LogP contribution in [0.15, 0.2) is 11.4 Å². The second-order valence-corrected chi connectivity index (χ2v) is 7.58. The fourth-order valence-electron chi connectivity index (χ4n) is 3.86. The summed E-state index contributed by atoms with van der Waals surface area (Å²) in [5.74, 6) is -0.131. The Hall–Kier alpha value is -1.40. The molecule has 3 rings (SSSR count). The number of rotatable bonds is 3. The van der Waals surface area contributed by atoms with Gasteiger partial charge in [0.1, 0.15) is 5.54 Å². The number of primary amides is 1. The van der Waals surface area contributed by atoms with E-state index in [2.05, 4.69) is 4.90 Å². The lowest BCUT2D eigenvalue weighted by Crippen LogP contribution is -2.63. The van der Waals surface area contributed by atoms with E-state index in [0.717, 1.165) is 36.4 Å². The van der Waals surface area contributed by atoms with Crippen LogP contribution in [0.5, 0.6) is 0 Å². The molecule has 2 N–H and O–H groups in total. The molecule has 0 radical (unpaired) electrons. The van der Waals surface area contributed by atoms with Crippen molar-refractivity contribution in [2.75, 3.05) is 26.2 Å². The summed E-state index contributed by atoms with van der Waals surface area (Å²) in [7, 11) is 0. The molecule has 126 valence electrons. The number of thiophene rings is 1. The molecule has 2 fully saturated rings. The minimum atomic E-state index is -0.554. The van der Waals surface area contributed by atoms with Gasteiger partial charge < -0.3 is 10.6 Å². The first-order valence-corrected chi connectivity index (χ1v) is 9.31. The Morgan fingerprint density at radius 3 is 2.30 bits per heavy atom. The third-order valence-electron chi connectivity index (χ3n) is 5.35. The molecule has 2 aliphatic heterocycles. The van der Waals surface area contributed by atoms with Crippen LogP contribution in [0, 0.1) is 6.92 Å². The third-order valence-corrected chi connectivity index (χ3v) is 6.36. The monoisotopic (exact) mass is 335 g/mol. The van der Waals surface area contributed by atoms with Crippen LogP contribution in [0.2, 0.25) is 0 Å². The molecule has 0 aromatic carbocycles. The summed E-state index contributed by atoms with van der Waals surface area (Å²) >= 11 is 1.49. The number of carbonyl (C=O) groups excluding carboxylic acids is 2. The lowest BCUT2D eigenvalue weighted by Gasteiger charge is -2.48. The quantitative estimate of drug-likeness (QED) is 0.919. The van der Waals surface area contributed by atoms with Gasteiger partial charge in [0.25, 0.3) is 5.91 Å². The van der Waals surface area contributed by atoms with E-state index in [0.29, 0.717) is 25.9 Å². The number of likely N-dealkylation sites (tertiary alicyclic amines) is 2. The van der Waals surface area contributed by atoms with Gasteiger partial charge in [-0.1, -0.05) is 6.42 Å². The van der Waals surface area contributed by atoms with Gasteiger partial charge in [-0.05, 0) is 62.7 Å². The standard InChI is InChI=1S/C17H25N3O2S/c1-13-5-12-23-14(13)15(21)19-10-6-17(7-11-19,16(18)22)20-8-3-2-4-9-20/h5,12H,2-4,6-11H2,1H3,(H2,18,22). The Kier molecular flexibility index (Phi) is 4.73. The average molecular weight is 335 g/mol. The van der Waals surface area contributed by atoms with Gasteiger partial charge in [0.05, 0.1) is 4.88 Å². The van der Waals surface area contributed by atoms with Gasteiger partial charge in [0, 0.05) is 13.1 Å². The topological polar surface area (TPSA) is 66.6 Å². The van der Waals surface area contributed by atoms with Crippen molar-refractivity contribution < 1.29 is 9.59 Å². The van der Waals surface area contributed by atoms with Gasteiger partial charge in [-0.25, -0.2) is 0 Å². The van der Waals surface area contributed by atoms with Crippen LogP contribution < -0.4 is 5.73 Å². The highest BCUT2D eigenvalue weighted by molar-refractivity contribution is 7.12. The van der Waals surface area contributed by atoms with Crippen LogP contribution in [0.25, 0.3) is 0 Å². The van der Waals surface area contributed by atoms with Gasteiger partial charge in [-0.15, -0.1) is 11.3 Å². The first-order valence-electron chi connectivity index (χ1n) is 8.43. The van der Waals surface area contributed by atoms with Crippen molar-refractivity contribution in [2.45, 2.75) is 44.6 Å². The van der Waals surface area contributed by atoms with Crippen molar-refractivity contribution >= 4 is 23.2 Å². The third kappa shape index (κ3) is 3.02. The summed E-state index contributed by atoms with van der Waals surface area (Å²) in [5, 5.41) is 1.95. The predicted octanol–water partition coefficient (Wildman–Crippen LogP) is 2.00. The van der Waals surface area contributed by atoms with E-state index in [1.807, 2.05) is 23.3 Å². The van der Waals surface area contributed by atoms with Crippen molar-refractivity contribution in [3.05, 3.63) is 21.9 Å². The van der Waals surface area contributed by atoms with E-state index in [1.54, 1.807) is 0 Å². The number of amides is 2. The molecule has 0 bridgehead atoms. The highest BCUT2D eigenvalue weighted by Gasteiger charge is 2.45. The van der Waals surface area contributed by atoms with E-state index in [1.165, 1.54) is 17.8 Å². The molecule has 0 aliphatic carbocycles.